The van der Waals surface area contributed by atoms with Gasteiger partial charge in [0.1, 0.15) is 0 Å². The maximum Gasteiger partial charge on any atom is 0.429 e. The van der Waals surface area contributed by atoms with Crippen LogP contribution in [0.1, 0.15) is 50.3 Å². The highest BCUT2D eigenvalue weighted by Gasteiger charge is 2.40. The second-order valence-corrected chi connectivity index (χ2v) is 9.67. The van der Waals surface area contributed by atoms with Gasteiger partial charge in [-0.1, -0.05) is 103 Å². The summed E-state index contributed by atoms with van der Waals surface area (Å²) in [7, 11) is 0. The maximum absolute atomic E-state index is 13.6. The van der Waals surface area contributed by atoms with Crippen molar-refractivity contribution >= 4 is 17.8 Å². The maximum atomic E-state index is 13.6. The first kappa shape index (κ1) is 26.7. The average molecular weight is 511 g/mol. The van der Waals surface area contributed by atoms with Crippen molar-refractivity contribution in [1.82, 2.24) is 10.4 Å². The predicted octanol–water partition coefficient (Wildman–Crippen LogP) is 7.11. The molecule has 0 radical (unpaired) electrons. The van der Waals surface area contributed by atoms with Crippen molar-refractivity contribution in [3.8, 4) is 0 Å². The molecule has 0 aliphatic heterocycles. The van der Waals surface area contributed by atoms with Gasteiger partial charge in [-0.3, -0.25) is 0 Å². The molecule has 0 saturated heterocycles. The van der Waals surface area contributed by atoms with Crippen LogP contribution in [-0.4, -0.2) is 35.4 Å². The highest BCUT2D eigenvalue weighted by molar-refractivity contribution is 5.86. The summed E-state index contributed by atoms with van der Waals surface area (Å²) in [5, 5.41) is 1.28. The summed E-state index contributed by atoms with van der Waals surface area (Å²) in [6.45, 7) is 7.07. The van der Waals surface area contributed by atoms with E-state index in [0.717, 1.165) is 27.8 Å². The van der Waals surface area contributed by atoms with Crippen LogP contribution in [-0.2, 0) is 9.47 Å². The number of nitrogens with one attached hydrogen (secondary N) is 1. The molecule has 1 N–H and O–H groups in total. The second kappa shape index (κ2) is 12.3. The summed E-state index contributed by atoms with van der Waals surface area (Å²) < 4.78 is 11.0. The number of carbonyl (C=O) groups excluding carboxylic acids is 2. The molecule has 0 unspecified atom stereocenters. The zero-order valence-electron chi connectivity index (χ0n) is 22.2. The van der Waals surface area contributed by atoms with Crippen LogP contribution in [0.5, 0.6) is 0 Å². The summed E-state index contributed by atoms with van der Waals surface area (Å²) >= 11 is 0. The van der Waals surface area contributed by atoms with E-state index in [0.29, 0.717) is 0 Å². The Balaban J connectivity index is 1.93. The van der Waals surface area contributed by atoms with Crippen LogP contribution in [0.4, 0.5) is 9.59 Å². The molecule has 6 nitrogen and oxygen atoms in total. The van der Waals surface area contributed by atoms with E-state index in [-0.39, 0.29) is 18.1 Å². The molecule has 0 heterocycles. The lowest BCUT2D eigenvalue weighted by Gasteiger charge is -2.34. The van der Waals surface area contributed by atoms with Gasteiger partial charge in [-0.15, -0.1) is 0 Å². The third-order valence-corrected chi connectivity index (χ3v) is 6.11. The van der Waals surface area contributed by atoms with Crippen LogP contribution < -0.4 is 5.43 Å². The molecule has 3 aromatic rings. The van der Waals surface area contributed by atoms with Crippen LogP contribution in [0.25, 0.3) is 5.57 Å². The van der Waals surface area contributed by atoms with Gasteiger partial charge in [-0.2, -0.15) is 0 Å². The number of hydrogen-bond acceptors (Lipinski definition) is 4. The van der Waals surface area contributed by atoms with Gasteiger partial charge >= 0.3 is 12.2 Å². The number of nitrogens with zero attached hydrogens (tertiary/aromatic N) is 1. The summed E-state index contributed by atoms with van der Waals surface area (Å²) in [4.78, 5) is 26.4. The van der Waals surface area contributed by atoms with Gasteiger partial charge in [0.25, 0.3) is 0 Å². The van der Waals surface area contributed by atoms with Gasteiger partial charge in [0.05, 0.1) is 18.2 Å². The summed E-state index contributed by atoms with van der Waals surface area (Å²) in [6, 6.07) is 29.4. The Kier molecular flexibility index (Phi) is 8.64. The van der Waals surface area contributed by atoms with Crippen LogP contribution in [0.15, 0.2) is 109 Å². The van der Waals surface area contributed by atoms with Gasteiger partial charge < -0.3 is 9.47 Å². The van der Waals surface area contributed by atoms with E-state index >= 15 is 0 Å². The fraction of sp³-hybridized carbons (Fsp3) is 0.250. The van der Waals surface area contributed by atoms with Crippen molar-refractivity contribution in [3.05, 3.63) is 125 Å². The van der Waals surface area contributed by atoms with E-state index in [1.54, 1.807) is 27.7 Å². The van der Waals surface area contributed by atoms with Crippen molar-refractivity contribution in [2.45, 2.75) is 51.9 Å². The summed E-state index contributed by atoms with van der Waals surface area (Å²) in [5.74, 6) is -0.243. The van der Waals surface area contributed by atoms with E-state index in [4.69, 9.17) is 9.47 Å². The summed E-state index contributed by atoms with van der Waals surface area (Å²) in [6.07, 6.45) is 2.00. The van der Waals surface area contributed by atoms with Crippen LogP contribution in [0, 0.1) is 0 Å². The molecule has 6 heteroatoms. The first-order chi connectivity index (χ1) is 18.3. The molecule has 1 aliphatic rings. The topological polar surface area (TPSA) is 67.9 Å². The quantitative estimate of drug-likeness (QED) is 0.359. The van der Waals surface area contributed by atoms with Crippen molar-refractivity contribution in [2.24, 2.45) is 0 Å². The highest BCUT2D eigenvalue weighted by Crippen LogP contribution is 2.41. The molecule has 0 aromatic heterocycles. The molecular weight excluding hydrogens is 476 g/mol. The zero-order valence-corrected chi connectivity index (χ0v) is 22.2. The van der Waals surface area contributed by atoms with E-state index in [1.165, 1.54) is 5.01 Å². The van der Waals surface area contributed by atoms with Gasteiger partial charge in [0, 0.05) is 5.92 Å². The number of rotatable bonds is 6. The number of ether oxygens (including phenoxy) is 2. The Morgan fingerprint density at radius 1 is 0.737 bits per heavy atom. The molecule has 38 heavy (non-hydrogen) atoms. The molecule has 0 fully saturated rings. The Morgan fingerprint density at radius 3 is 1.74 bits per heavy atom. The lowest BCUT2D eigenvalue weighted by Crippen LogP contribution is -2.54. The predicted molar refractivity (Wildman–Crippen MR) is 149 cm³/mol. The molecule has 0 saturated carbocycles. The Labute approximate surface area is 224 Å². The molecule has 0 bridgehead atoms. The SMILES string of the molecule is CC(C)OC(=O)NN(C(=O)OC(C)C)[C@H]1C(=C(c2ccccc2)c2ccccc2)C=C[C@@H]1c1ccccc1. The Bertz CT molecular complexity index is 1240. The normalized spacial score (nSPS) is 16.4. The van der Waals surface area contributed by atoms with E-state index in [2.05, 4.69) is 11.5 Å². The molecule has 4 rings (SSSR count). The monoisotopic (exact) mass is 510 g/mol. The van der Waals surface area contributed by atoms with Gasteiger partial charge in [-0.05, 0) is 55.5 Å². The molecule has 3 aromatic carbocycles. The molecule has 2 atom stereocenters. The first-order valence-corrected chi connectivity index (χ1v) is 12.9. The molecule has 2 amide bonds. The Hall–Kier alpha value is -4.32. The first-order valence-electron chi connectivity index (χ1n) is 12.9. The number of hydrogen-bond donors (Lipinski definition) is 1. The van der Waals surface area contributed by atoms with E-state index in [1.807, 2.05) is 97.1 Å². The van der Waals surface area contributed by atoms with Crippen molar-refractivity contribution < 1.29 is 19.1 Å². The standard InChI is InChI=1S/C32H34N2O4/c1-22(2)37-31(35)33-34(32(36)38-23(3)4)30-27(24-14-8-5-9-15-24)20-21-28(30)29(25-16-10-6-11-17-25)26-18-12-7-13-19-26/h5-23,27,30H,1-4H3,(H,33,35)/t27-,30-/m1/s1. The third kappa shape index (κ3) is 6.32. The lowest BCUT2D eigenvalue weighted by atomic mass is 9.86. The second-order valence-electron chi connectivity index (χ2n) is 9.67. The number of hydrazine groups is 1. The lowest BCUT2D eigenvalue weighted by molar-refractivity contribution is 0.0359. The van der Waals surface area contributed by atoms with Crippen molar-refractivity contribution in [1.29, 1.82) is 0 Å². The van der Waals surface area contributed by atoms with Crippen LogP contribution in [0.3, 0.4) is 0 Å². The minimum absolute atomic E-state index is 0.243. The minimum Gasteiger partial charge on any atom is -0.446 e. The van der Waals surface area contributed by atoms with Crippen molar-refractivity contribution in [2.75, 3.05) is 0 Å². The van der Waals surface area contributed by atoms with E-state index < -0.39 is 18.2 Å². The smallest absolute Gasteiger partial charge is 0.429 e. The molecular formula is C32H34N2O4. The van der Waals surface area contributed by atoms with Crippen molar-refractivity contribution in [3.63, 3.8) is 0 Å². The summed E-state index contributed by atoms with van der Waals surface area (Å²) in [5.41, 5.74) is 7.55. The fourth-order valence-corrected chi connectivity index (χ4v) is 4.64. The van der Waals surface area contributed by atoms with Gasteiger partial charge in [0.2, 0.25) is 0 Å². The van der Waals surface area contributed by atoms with Gasteiger partial charge in [-0.25, -0.2) is 20.0 Å². The number of benzene rings is 3. The minimum atomic E-state index is -0.722. The molecule has 196 valence electrons. The fourth-order valence-electron chi connectivity index (χ4n) is 4.64. The number of amides is 2. The zero-order chi connectivity index (χ0) is 27.1. The Morgan fingerprint density at radius 2 is 1.24 bits per heavy atom. The third-order valence-electron chi connectivity index (χ3n) is 6.11. The molecule has 0 spiro atoms. The van der Waals surface area contributed by atoms with Gasteiger partial charge in [0.15, 0.2) is 0 Å². The molecule has 1 aliphatic carbocycles. The largest absolute Gasteiger partial charge is 0.446 e. The highest BCUT2D eigenvalue weighted by atomic mass is 16.6. The van der Waals surface area contributed by atoms with Crippen LogP contribution in [0.2, 0.25) is 0 Å². The van der Waals surface area contributed by atoms with Crippen LogP contribution >= 0.6 is 0 Å². The van der Waals surface area contributed by atoms with E-state index in [9.17, 15) is 9.59 Å². The average Bonchev–Trinajstić information content (AvgIpc) is 3.32. The number of carbonyl (C=O) groups is 2.